The summed E-state index contributed by atoms with van der Waals surface area (Å²) in [4.78, 5) is 12.3. The largest absolute Gasteiger partial charge is 0.398 e. The third kappa shape index (κ3) is 2.96. The molecule has 0 spiro atoms. The average molecular weight is 265 g/mol. The number of anilines is 2. The van der Waals surface area contributed by atoms with Crippen molar-refractivity contribution in [3.05, 3.63) is 28.3 Å². The summed E-state index contributed by atoms with van der Waals surface area (Å²) in [7, 11) is 1.84. The van der Waals surface area contributed by atoms with Gasteiger partial charge in [0.2, 0.25) is 0 Å². The number of benzene rings is 1. The quantitative estimate of drug-likeness (QED) is 0.495. The molecule has 1 fully saturated rings. The smallest absolute Gasteiger partial charge is 0.273 e. The van der Waals surface area contributed by atoms with Crippen molar-refractivity contribution in [2.75, 3.05) is 17.7 Å². The monoisotopic (exact) mass is 265 g/mol. The zero-order chi connectivity index (χ0) is 14.0. The van der Waals surface area contributed by atoms with E-state index in [2.05, 4.69) is 0 Å². The molecule has 104 valence electrons. The van der Waals surface area contributed by atoms with Crippen molar-refractivity contribution in [2.45, 2.75) is 37.8 Å². The lowest BCUT2D eigenvalue weighted by Gasteiger charge is -2.36. The van der Waals surface area contributed by atoms with Gasteiger partial charge in [0, 0.05) is 30.6 Å². The number of aliphatic hydroxyl groups excluding tert-OH is 1. The van der Waals surface area contributed by atoms with Gasteiger partial charge in [-0.05, 0) is 18.9 Å². The van der Waals surface area contributed by atoms with Crippen LogP contribution in [0.1, 0.15) is 25.7 Å². The Bertz CT molecular complexity index is 478. The van der Waals surface area contributed by atoms with Crippen LogP contribution in [-0.2, 0) is 0 Å². The zero-order valence-corrected chi connectivity index (χ0v) is 11.0. The van der Waals surface area contributed by atoms with Crippen molar-refractivity contribution >= 4 is 17.1 Å². The lowest BCUT2D eigenvalue weighted by Crippen LogP contribution is -2.43. The first-order valence-electron chi connectivity index (χ1n) is 6.45. The maximum Gasteiger partial charge on any atom is 0.273 e. The minimum Gasteiger partial charge on any atom is -0.398 e. The van der Waals surface area contributed by atoms with Gasteiger partial charge in [0.1, 0.15) is 0 Å². The van der Waals surface area contributed by atoms with Gasteiger partial charge in [0.05, 0.1) is 17.1 Å². The Hall–Kier alpha value is -1.82. The normalized spacial score (nSPS) is 23.1. The second-order valence-electron chi connectivity index (χ2n) is 5.07. The van der Waals surface area contributed by atoms with Gasteiger partial charge >= 0.3 is 0 Å². The van der Waals surface area contributed by atoms with E-state index in [0.717, 1.165) is 25.7 Å². The lowest BCUT2D eigenvalue weighted by atomic mass is 9.91. The van der Waals surface area contributed by atoms with Gasteiger partial charge in [0.25, 0.3) is 5.69 Å². The van der Waals surface area contributed by atoms with Crippen LogP contribution in [0.5, 0.6) is 0 Å². The second-order valence-corrected chi connectivity index (χ2v) is 5.07. The van der Waals surface area contributed by atoms with E-state index in [4.69, 9.17) is 5.73 Å². The highest BCUT2D eigenvalue weighted by Crippen LogP contribution is 2.30. The van der Waals surface area contributed by atoms with E-state index in [-0.39, 0.29) is 17.8 Å². The molecule has 1 aliphatic rings. The van der Waals surface area contributed by atoms with Crippen LogP contribution < -0.4 is 10.6 Å². The van der Waals surface area contributed by atoms with E-state index in [1.54, 1.807) is 6.07 Å². The molecule has 6 heteroatoms. The number of rotatable bonds is 3. The first-order valence-corrected chi connectivity index (χ1v) is 6.45. The molecular formula is C13H19N3O3. The predicted octanol–water partition coefficient (Wildman–Crippen LogP) is 1.92. The highest BCUT2D eigenvalue weighted by atomic mass is 16.6. The van der Waals surface area contributed by atoms with Gasteiger partial charge in [-0.2, -0.15) is 0 Å². The predicted molar refractivity (Wildman–Crippen MR) is 74.2 cm³/mol. The van der Waals surface area contributed by atoms with Crippen LogP contribution in [0.4, 0.5) is 17.1 Å². The van der Waals surface area contributed by atoms with Crippen molar-refractivity contribution in [2.24, 2.45) is 0 Å². The Kier molecular flexibility index (Phi) is 3.90. The van der Waals surface area contributed by atoms with E-state index in [1.165, 1.54) is 12.1 Å². The van der Waals surface area contributed by atoms with E-state index < -0.39 is 4.92 Å². The van der Waals surface area contributed by atoms with Gasteiger partial charge in [0.15, 0.2) is 0 Å². The topological polar surface area (TPSA) is 92.6 Å². The standard InChI is InChI=1S/C13H19N3O3/c1-15(12-4-2-3-5-13(12)17)10-6-9(14)7-11(8-10)16(18)19/h6-8,12-13,17H,2-5,14H2,1H3. The first kappa shape index (κ1) is 13.6. The van der Waals surface area contributed by atoms with E-state index in [0.29, 0.717) is 11.4 Å². The maximum atomic E-state index is 10.9. The minimum atomic E-state index is -0.453. The van der Waals surface area contributed by atoms with Crippen molar-refractivity contribution in [1.29, 1.82) is 0 Å². The molecule has 0 aliphatic heterocycles. The summed E-state index contributed by atoms with van der Waals surface area (Å²) in [6.07, 6.45) is 3.37. The molecule has 1 aliphatic carbocycles. The Morgan fingerprint density at radius 3 is 2.68 bits per heavy atom. The van der Waals surface area contributed by atoms with Gasteiger partial charge < -0.3 is 15.7 Å². The number of hydrogen-bond donors (Lipinski definition) is 2. The van der Waals surface area contributed by atoms with Crippen LogP contribution in [0.15, 0.2) is 18.2 Å². The summed E-state index contributed by atoms with van der Waals surface area (Å²) in [5.41, 5.74) is 6.73. The molecule has 0 radical (unpaired) electrons. The lowest BCUT2D eigenvalue weighted by molar-refractivity contribution is -0.384. The summed E-state index contributed by atoms with van der Waals surface area (Å²) >= 11 is 0. The van der Waals surface area contributed by atoms with Crippen LogP contribution in [0.2, 0.25) is 0 Å². The van der Waals surface area contributed by atoms with Crippen molar-refractivity contribution in [3.63, 3.8) is 0 Å². The van der Waals surface area contributed by atoms with Gasteiger partial charge in [-0.15, -0.1) is 0 Å². The SMILES string of the molecule is CN(c1cc(N)cc([N+](=O)[O-])c1)C1CCCCC1O. The molecule has 19 heavy (non-hydrogen) atoms. The van der Waals surface area contributed by atoms with Crippen molar-refractivity contribution in [1.82, 2.24) is 0 Å². The van der Waals surface area contributed by atoms with Crippen LogP contribution >= 0.6 is 0 Å². The molecule has 0 aromatic heterocycles. The molecular weight excluding hydrogens is 246 g/mol. The molecule has 2 atom stereocenters. The molecule has 0 amide bonds. The van der Waals surface area contributed by atoms with Crippen molar-refractivity contribution in [3.8, 4) is 0 Å². The van der Waals surface area contributed by atoms with Crippen LogP contribution in [0.25, 0.3) is 0 Å². The number of hydrogen-bond acceptors (Lipinski definition) is 5. The summed E-state index contributed by atoms with van der Waals surface area (Å²) < 4.78 is 0. The fraction of sp³-hybridized carbons (Fsp3) is 0.538. The minimum absolute atomic E-state index is 0.00449. The number of likely N-dealkylation sites (N-methyl/N-ethyl adjacent to an activating group) is 1. The van der Waals surface area contributed by atoms with Crippen LogP contribution in [-0.4, -0.2) is 29.2 Å². The van der Waals surface area contributed by atoms with E-state index in [9.17, 15) is 15.2 Å². The molecule has 2 rings (SSSR count). The highest BCUT2D eigenvalue weighted by Gasteiger charge is 2.27. The Morgan fingerprint density at radius 2 is 2.05 bits per heavy atom. The van der Waals surface area contributed by atoms with E-state index >= 15 is 0 Å². The number of nitro groups is 1. The van der Waals surface area contributed by atoms with Crippen LogP contribution in [0, 0.1) is 10.1 Å². The zero-order valence-electron chi connectivity index (χ0n) is 11.0. The maximum absolute atomic E-state index is 10.9. The molecule has 3 N–H and O–H groups in total. The van der Waals surface area contributed by atoms with Crippen LogP contribution in [0.3, 0.4) is 0 Å². The summed E-state index contributed by atoms with van der Waals surface area (Å²) in [6, 6.07) is 4.54. The number of nitrogen functional groups attached to an aromatic ring is 1. The Balaban J connectivity index is 2.27. The first-order chi connectivity index (χ1) is 8.99. The summed E-state index contributed by atoms with van der Waals surface area (Å²) in [6.45, 7) is 0. The molecule has 1 aromatic rings. The Labute approximate surface area is 112 Å². The molecule has 6 nitrogen and oxygen atoms in total. The van der Waals surface area contributed by atoms with Gasteiger partial charge in [-0.25, -0.2) is 0 Å². The average Bonchev–Trinajstić information content (AvgIpc) is 2.37. The fourth-order valence-electron chi connectivity index (χ4n) is 2.66. The molecule has 0 saturated heterocycles. The molecule has 1 saturated carbocycles. The number of nitrogens with two attached hydrogens (primary N) is 1. The number of nitrogens with zero attached hydrogens (tertiary/aromatic N) is 2. The molecule has 0 bridgehead atoms. The third-order valence-corrected chi connectivity index (χ3v) is 3.73. The molecule has 1 aromatic carbocycles. The number of nitro benzene ring substituents is 1. The van der Waals surface area contributed by atoms with E-state index in [1.807, 2.05) is 11.9 Å². The summed E-state index contributed by atoms with van der Waals surface area (Å²) in [5.74, 6) is 0. The summed E-state index contributed by atoms with van der Waals surface area (Å²) in [5, 5.41) is 20.9. The third-order valence-electron chi connectivity index (χ3n) is 3.73. The highest BCUT2D eigenvalue weighted by molar-refractivity contribution is 5.63. The van der Waals surface area contributed by atoms with Gasteiger partial charge in [-0.3, -0.25) is 10.1 Å². The fourth-order valence-corrected chi connectivity index (χ4v) is 2.66. The molecule has 0 heterocycles. The number of non-ortho nitro benzene ring substituents is 1. The Morgan fingerprint density at radius 1 is 1.37 bits per heavy atom. The number of aliphatic hydroxyl groups is 1. The molecule has 2 unspecified atom stereocenters. The van der Waals surface area contributed by atoms with Crippen molar-refractivity contribution < 1.29 is 10.0 Å². The second kappa shape index (κ2) is 5.44. The van der Waals surface area contributed by atoms with Gasteiger partial charge in [-0.1, -0.05) is 12.8 Å².